The van der Waals surface area contributed by atoms with E-state index < -0.39 is 0 Å². The van der Waals surface area contributed by atoms with Gasteiger partial charge in [0.25, 0.3) is 0 Å². The maximum Gasteiger partial charge on any atom is 0.227 e. The molecule has 0 radical (unpaired) electrons. The van der Waals surface area contributed by atoms with Crippen molar-refractivity contribution in [3.63, 3.8) is 0 Å². The summed E-state index contributed by atoms with van der Waals surface area (Å²) in [5.74, 6) is 1.04. The second-order valence-corrected chi connectivity index (χ2v) is 6.36. The number of hydrogen-bond donors (Lipinski definition) is 0. The predicted octanol–water partition coefficient (Wildman–Crippen LogP) is 2.66. The third kappa shape index (κ3) is 4.20. The fourth-order valence-electron chi connectivity index (χ4n) is 3.09. The van der Waals surface area contributed by atoms with Crippen molar-refractivity contribution in [2.45, 2.75) is 18.9 Å². The van der Waals surface area contributed by atoms with Gasteiger partial charge in [-0.1, -0.05) is 35.5 Å². The van der Waals surface area contributed by atoms with Crippen molar-refractivity contribution < 1.29 is 14.1 Å². The Morgan fingerprint density at radius 2 is 1.96 bits per heavy atom. The molecule has 0 N–H and O–H groups in total. The van der Waals surface area contributed by atoms with E-state index in [2.05, 4.69) is 15.1 Å². The third-order valence-corrected chi connectivity index (χ3v) is 4.55. The summed E-state index contributed by atoms with van der Waals surface area (Å²) in [7, 11) is 0. The van der Waals surface area contributed by atoms with Gasteiger partial charge in [0, 0.05) is 37.3 Å². The summed E-state index contributed by atoms with van der Waals surface area (Å²) in [5, 5.41) is 3.97. The summed E-state index contributed by atoms with van der Waals surface area (Å²) in [5.41, 5.74) is 1.93. The molecule has 1 aliphatic rings. The van der Waals surface area contributed by atoms with E-state index in [0.717, 1.165) is 11.1 Å². The number of benzene rings is 1. The van der Waals surface area contributed by atoms with Crippen LogP contribution in [-0.4, -0.2) is 45.6 Å². The van der Waals surface area contributed by atoms with Gasteiger partial charge < -0.3 is 14.2 Å². The number of amides is 1. The minimum Gasteiger partial charge on any atom is -0.370 e. The third-order valence-electron chi connectivity index (χ3n) is 4.55. The SMILES string of the molecule is O=C(CCc1nc(-c2ccncc2)no1)N1CCOC(c2ccccc2)C1. The highest BCUT2D eigenvalue weighted by Crippen LogP contribution is 2.22. The molecule has 138 valence electrons. The van der Waals surface area contributed by atoms with Crippen LogP contribution in [0.1, 0.15) is 24.0 Å². The lowest BCUT2D eigenvalue weighted by molar-refractivity contribution is -0.139. The van der Waals surface area contributed by atoms with Gasteiger partial charge in [0.15, 0.2) is 0 Å². The van der Waals surface area contributed by atoms with Gasteiger partial charge in [-0.15, -0.1) is 0 Å². The molecule has 0 aliphatic carbocycles. The molecule has 1 saturated heterocycles. The summed E-state index contributed by atoms with van der Waals surface area (Å²) in [6.45, 7) is 1.71. The van der Waals surface area contributed by atoms with Gasteiger partial charge in [0.2, 0.25) is 17.6 Å². The zero-order chi connectivity index (χ0) is 18.5. The average Bonchev–Trinajstić information content (AvgIpc) is 3.22. The second kappa shape index (κ2) is 8.09. The van der Waals surface area contributed by atoms with Crippen LogP contribution >= 0.6 is 0 Å². The molecule has 3 aromatic rings. The lowest BCUT2D eigenvalue weighted by Gasteiger charge is -2.33. The van der Waals surface area contributed by atoms with Crippen LogP contribution < -0.4 is 0 Å². The van der Waals surface area contributed by atoms with Crippen molar-refractivity contribution >= 4 is 5.91 Å². The second-order valence-electron chi connectivity index (χ2n) is 6.36. The molecule has 0 saturated carbocycles. The van der Waals surface area contributed by atoms with Gasteiger partial charge in [0.1, 0.15) is 6.10 Å². The number of nitrogens with zero attached hydrogens (tertiary/aromatic N) is 4. The number of aromatic nitrogens is 3. The van der Waals surface area contributed by atoms with E-state index in [9.17, 15) is 4.79 Å². The van der Waals surface area contributed by atoms with Crippen LogP contribution in [0.5, 0.6) is 0 Å². The van der Waals surface area contributed by atoms with Gasteiger partial charge in [-0.25, -0.2) is 0 Å². The Labute approximate surface area is 157 Å². The largest absolute Gasteiger partial charge is 0.370 e. The first-order valence-electron chi connectivity index (χ1n) is 8.97. The fraction of sp³-hybridized carbons (Fsp3) is 0.300. The Balaban J connectivity index is 1.33. The van der Waals surface area contributed by atoms with Crippen molar-refractivity contribution in [3.05, 3.63) is 66.3 Å². The summed E-state index contributed by atoms with van der Waals surface area (Å²) in [4.78, 5) is 22.8. The number of carbonyl (C=O) groups excluding carboxylic acids is 1. The van der Waals surface area contributed by atoms with Crippen LogP contribution in [0, 0.1) is 0 Å². The smallest absolute Gasteiger partial charge is 0.227 e. The van der Waals surface area contributed by atoms with Crippen molar-refractivity contribution in [3.8, 4) is 11.4 Å². The summed E-state index contributed by atoms with van der Waals surface area (Å²) in [6, 6.07) is 13.6. The van der Waals surface area contributed by atoms with Crippen LogP contribution in [-0.2, 0) is 16.0 Å². The summed E-state index contributed by atoms with van der Waals surface area (Å²) < 4.78 is 11.1. The standard InChI is InChI=1S/C20H20N4O3/c25-19(24-12-13-26-17(14-24)15-4-2-1-3-5-15)7-6-18-22-20(23-27-18)16-8-10-21-11-9-16/h1-5,8-11,17H,6-7,12-14H2. The van der Waals surface area contributed by atoms with Crippen LogP contribution in [0.25, 0.3) is 11.4 Å². The van der Waals surface area contributed by atoms with Gasteiger partial charge in [0.05, 0.1) is 13.2 Å². The highest BCUT2D eigenvalue weighted by Gasteiger charge is 2.25. The van der Waals surface area contributed by atoms with Gasteiger partial charge >= 0.3 is 0 Å². The van der Waals surface area contributed by atoms with E-state index in [0.29, 0.717) is 44.3 Å². The lowest BCUT2D eigenvalue weighted by atomic mass is 10.1. The van der Waals surface area contributed by atoms with Crippen molar-refractivity contribution in [2.75, 3.05) is 19.7 Å². The number of carbonyl (C=O) groups is 1. The Morgan fingerprint density at radius 1 is 1.15 bits per heavy atom. The Morgan fingerprint density at radius 3 is 2.78 bits per heavy atom. The lowest BCUT2D eigenvalue weighted by Crippen LogP contribution is -2.42. The van der Waals surface area contributed by atoms with Gasteiger partial charge in [-0.05, 0) is 17.7 Å². The molecule has 1 aliphatic heterocycles. The molecule has 27 heavy (non-hydrogen) atoms. The zero-order valence-corrected chi connectivity index (χ0v) is 14.8. The first-order chi connectivity index (χ1) is 13.3. The number of aryl methyl sites for hydroxylation is 1. The quantitative estimate of drug-likeness (QED) is 0.692. The maximum absolute atomic E-state index is 12.6. The Kier molecular flexibility index (Phi) is 5.20. The molecule has 4 rings (SSSR count). The molecule has 2 aromatic heterocycles. The van der Waals surface area contributed by atoms with Crippen LogP contribution in [0.3, 0.4) is 0 Å². The highest BCUT2D eigenvalue weighted by molar-refractivity contribution is 5.76. The molecule has 1 aromatic carbocycles. The normalized spacial score (nSPS) is 17.0. The first kappa shape index (κ1) is 17.4. The minimum atomic E-state index is -0.0782. The Bertz CT molecular complexity index is 883. The molecular weight excluding hydrogens is 344 g/mol. The number of rotatable bonds is 5. The molecule has 0 spiro atoms. The van der Waals surface area contributed by atoms with Crippen molar-refractivity contribution in [2.24, 2.45) is 0 Å². The molecule has 1 amide bonds. The monoisotopic (exact) mass is 364 g/mol. The van der Waals surface area contributed by atoms with Crippen LogP contribution in [0.4, 0.5) is 0 Å². The topological polar surface area (TPSA) is 81.3 Å². The number of ether oxygens (including phenoxy) is 1. The van der Waals surface area contributed by atoms with E-state index in [1.54, 1.807) is 12.4 Å². The van der Waals surface area contributed by atoms with E-state index in [1.807, 2.05) is 47.4 Å². The highest BCUT2D eigenvalue weighted by atomic mass is 16.5. The number of pyridine rings is 1. The number of hydrogen-bond acceptors (Lipinski definition) is 6. The Hall–Kier alpha value is -3.06. The van der Waals surface area contributed by atoms with Crippen LogP contribution in [0.2, 0.25) is 0 Å². The van der Waals surface area contributed by atoms with Crippen molar-refractivity contribution in [1.29, 1.82) is 0 Å². The molecule has 1 unspecified atom stereocenters. The predicted molar refractivity (Wildman–Crippen MR) is 97.6 cm³/mol. The maximum atomic E-state index is 12.6. The van der Waals surface area contributed by atoms with E-state index >= 15 is 0 Å². The molecule has 7 heteroatoms. The summed E-state index contributed by atoms with van der Waals surface area (Å²) >= 11 is 0. The zero-order valence-electron chi connectivity index (χ0n) is 14.8. The molecular formula is C20H20N4O3. The molecule has 3 heterocycles. The van der Waals surface area contributed by atoms with Gasteiger partial charge in [-0.3, -0.25) is 9.78 Å². The van der Waals surface area contributed by atoms with Crippen LogP contribution in [0.15, 0.2) is 59.4 Å². The minimum absolute atomic E-state index is 0.0721. The van der Waals surface area contributed by atoms with Gasteiger partial charge in [-0.2, -0.15) is 4.98 Å². The summed E-state index contributed by atoms with van der Waals surface area (Å²) in [6.07, 6.45) is 4.03. The average molecular weight is 364 g/mol. The first-order valence-corrected chi connectivity index (χ1v) is 8.97. The van der Waals surface area contributed by atoms with E-state index in [-0.39, 0.29) is 12.0 Å². The van der Waals surface area contributed by atoms with E-state index in [1.165, 1.54) is 0 Å². The van der Waals surface area contributed by atoms with Crippen molar-refractivity contribution in [1.82, 2.24) is 20.0 Å². The number of morpholine rings is 1. The molecule has 1 atom stereocenters. The molecule has 1 fully saturated rings. The van der Waals surface area contributed by atoms with E-state index in [4.69, 9.17) is 9.26 Å². The molecule has 7 nitrogen and oxygen atoms in total. The fourth-order valence-corrected chi connectivity index (χ4v) is 3.09. The molecule has 0 bridgehead atoms.